The van der Waals surface area contributed by atoms with Gasteiger partial charge in [-0.05, 0) is 38.1 Å². The predicted molar refractivity (Wildman–Crippen MR) is 81.2 cm³/mol. The van der Waals surface area contributed by atoms with E-state index in [1.54, 1.807) is 19.9 Å². The number of halogens is 3. The molecular weight excluding hydrogens is 339 g/mol. The maximum absolute atomic E-state index is 12.9. The maximum atomic E-state index is 12.9. The number of benzene rings is 1. The molecule has 2 heterocycles. The molecule has 1 aromatic carbocycles. The number of nitrogens with zero attached hydrogens (tertiary/aromatic N) is 2. The highest BCUT2D eigenvalue weighted by Crippen LogP contribution is 2.31. The predicted octanol–water partition coefficient (Wildman–Crippen LogP) is 3.37. The highest BCUT2D eigenvalue weighted by Gasteiger charge is 2.41. The number of furan rings is 1. The number of amides is 1. The third-order valence-corrected chi connectivity index (χ3v) is 3.51. The van der Waals surface area contributed by atoms with Crippen LogP contribution in [0.5, 0.6) is 0 Å². The van der Waals surface area contributed by atoms with Crippen molar-refractivity contribution in [2.45, 2.75) is 25.7 Å². The van der Waals surface area contributed by atoms with Crippen molar-refractivity contribution in [3.8, 4) is 0 Å². The fraction of sp³-hybridized carbons (Fsp3) is 0.250. The van der Waals surface area contributed by atoms with Crippen LogP contribution in [0.15, 0.2) is 52.2 Å². The van der Waals surface area contributed by atoms with E-state index >= 15 is 0 Å². The second-order valence-electron chi connectivity index (χ2n) is 5.79. The van der Waals surface area contributed by atoms with Crippen molar-refractivity contribution in [2.24, 2.45) is 5.16 Å². The molecule has 0 unspecified atom stereocenters. The van der Waals surface area contributed by atoms with Crippen molar-refractivity contribution in [3.63, 3.8) is 0 Å². The van der Waals surface area contributed by atoms with Gasteiger partial charge < -0.3 is 9.25 Å². The van der Waals surface area contributed by atoms with E-state index in [9.17, 15) is 18.0 Å². The van der Waals surface area contributed by atoms with Crippen LogP contribution in [0.2, 0.25) is 0 Å². The van der Waals surface area contributed by atoms with E-state index < -0.39 is 23.4 Å². The molecule has 1 aliphatic rings. The summed E-state index contributed by atoms with van der Waals surface area (Å²) in [6.07, 6.45) is -3.16. The minimum absolute atomic E-state index is 0.0473. The zero-order valence-corrected chi connectivity index (χ0v) is 13.3. The lowest BCUT2D eigenvalue weighted by molar-refractivity contribution is -0.137. The first-order chi connectivity index (χ1) is 11.7. The van der Waals surface area contributed by atoms with Gasteiger partial charge in [-0.1, -0.05) is 17.3 Å². The molecule has 6 nitrogen and oxygen atoms in total. The molecule has 0 spiro atoms. The maximum Gasteiger partial charge on any atom is 0.416 e. The molecule has 0 bridgehead atoms. The molecule has 0 fully saturated rings. The van der Waals surface area contributed by atoms with Crippen molar-refractivity contribution in [1.82, 2.24) is 10.4 Å². The fourth-order valence-electron chi connectivity index (χ4n) is 2.26. The number of carbonyl (C=O) groups is 1. The Balaban J connectivity index is 1.91. The molecule has 9 heteroatoms. The van der Waals surface area contributed by atoms with E-state index in [4.69, 9.17) is 9.25 Å². The van der Waals surface area contributed by atoms with Gasteiger partial charge in [0.25, 0.3) is 0 Å². The van der Waals surface area contributed by atoms with E-state index in [1.165, 1.54) is 29.5 Å². The van der Waals surface area contributed by atoms with Gasteiger partial charge in [-0.15, -0.1) is 0 Å². The third kappa shape index (κ3) is 3.30. The number of hydrogen-bond donors (Lipinski definition) is 1. The summed E-state index contributed by atoms with van der Waals surface area (Å²) in [6.45, 7) is 3.22. The second kappa shape index (κ2) is 5.83. The van der Waals surface area contributed by atoms with Crippen molar-refractivity contribution in [1.29, 1.82) is 0 Å². The first-order valence-electron chi connectivity index (χ1n) is 7.27. The Kier molecular flexibility index (Phi) is 3.94. The normalized spacial score (nSPS) is 16.4. The lowest BCUT2D eigenvalue weighted by atomic mass is 10.1. The molecule has 3 rings (SSSR count). The smallest absolute Gasteiger partial charge is 0.416 e. The minimum Gasteiger partial charge on any atom is -0.459 e. The molecule has 1 aliphatic heterocycles. The van der Waals surface area contributed by atoms with Gasteiger partial charge in [0, 0.05) is 5.56 Å². The molecule has 132 valence electrons. The minimum atomic E-state index is -4.49. The number of hydrazine groups is 1. The number of nitrogens with one attached hydrogen (secondary N) is 1. The van der Waals surface area contributed by atoms with Crippen molar-refractivity contribution in [2.75, 3.05) is 0 Å². The zero-order chi connectivity index (χ0) is 18.2. The largest absolute Gasteiger partial charge is 0.459 e. The summed E-state index contributed by atoms with van der Waals surface area (Å²) in [7, 11) is 0. The Morgan fingerprint density at radius 1 is 1.24 bits per heavy atom. The highest BCUT2D eigenvalue weighted by molar-refractivity contribution is 6.02. The first kappa shape index (κ1) is 16.9. The van der Waals surface area contributed by atoms with Crippen LogP contribution in [0.1, 0.15) is 35.5 Å². The van der Waals surface area contributed by atoms with Gasteiger partial charge in [0.05, 0.1) is 11.8 Å². The Bertz CT molecular complexity index is 814. The van der Waals surface area contributed by atoms with Gasteiger partial charge in [0.15, 0.2) is 11.6 Å². The van der Waals surface area contributed by atoms with Gasteiger partial charge in [-0.3, -0.25) is 10.2 Å². The summed E-state index contributed by atoms with van der Waals surface area (Å²) >= 11 is 0. The number of alkyl halides is 3. The molecule has 1 amide bonds. The summed E-state index contributed by atoms with van der Waals surface area (Å²) in [5.41, 5.74) is 0.779. The average Bonchev–Trinajstić information content (AvgIpc) is 3.16. The molecule has 1 N–H and O–H groups in total. The van der Waals surface area contributed by atoms with Gasteiger partial charge in [-0.25, -0.2) is 5.01 Å². The molecule has 0 saturated carbocycles. The highest BCUT2D eigenvalue weighted by atomic mass is 19.4. The van der Waals surface area contributed by atoms with Crippen molar-refractivity contribution < 1.29 is 27.2 Å². The molecule has 0 saturated heterocycles. The van der Waals surface area contributed by atoms with E-state index in [2.05, 4.69) is 10.6 Å². The standard InChI is InChI=1S/C16H14F3N3O3/c1-15(2)22(20-14(23)12-7-4-8-24-12)13(21-25-15)10-5-3-6-11(9-10)16(17,18)19/h3-9H,1-2H3,(H,20,23). The van der Waals surface area contributed by atoms with E-state index in [0.29, 0.717) is 0 Å². The zero-order valence-electron chi connectivity index (χ0n) is 13.3. The lowest BCUT2D eigenvalue weighted by Crippen LogP contribution is -2.54. The Labute approximate surface area is 140 Å². The average molecular weight is 353 g/mol. The second-order valence-corrected chi connectivity index (χ2v) is 5.79. The van der Waals surface area contributed by atoms with Gasteiger partial charge in [0.2, 0.25) is 5.72 Å². The van der Waals surface area contributed by atoms with Crippen LogP contribution in [0.4, 0.5) is 13.2 Å². The van der Waals surface area contributed by atoms with Crippen molar-refractivity contribution >= 4 is 11.7 Å². The summed E-state index contributed by atoms with van der Waals surface area (Å²) in [4.78, 5) is 17.5. The van der Waals surface area contributed by atoms with Crippen LogP contribution in [-0.2, 0) is 11.0 Å². The van der Waals surface area contributed by atoms with E-state index in [0.717, 1.165) is 12.1 Å². The van der Waals surface area contributed by atoms with Crippen LogP contribution in [0.25, 0.3) is 0 Å². The number of amidine groups is 1. The molecule has 2 aromatic rings. The fourth-order valence-corrected chi connectivity index (χ4v) is 2.26. The van der Waals surface area contributed by atoms with E-state index in [1.807, 2.05) is 0 Å². The summed E-state index contributed by atoms with van der Waals surface area (Å²) in [5.74, 6) is -0.481. The first-order valence-corrected chi connectivity index (χ1v) is 7.27. The van der Waals surface area contributed by atoms with Crippen LogP contribution in [0.3, 0.4) is 0 Å². The van der Waals surface area contributed by atoms with Crippen LogP contribution in [-0.4, -0.2) is 22.5 Å². The summed E-state index contributed by atoms with van der Waals surface area (Å²) < 4.78 is 43.8. The van der Waals surface area contributed by atoms with Crippen LogP contribution < -0.4 is 5.43 Å². The number of carbonyl (C=O) groups excluding carboxylic acids is 1. The Morgan fingerprint density at radius 2 is 2.00 bits per heavy atom. The quantitative estimate of drug-likeness (QED) is 0.919. The topological polar surface area (TPSA) is 67.1 Å². The molecular formula is C16H14F3N3O3. The Morgan fingerprint density at radius 3 is 2.64 bits per heavy atom. The number of hydrogen-bond acceptors (Lipinski definition) is 5. The summed E-state index contributed by atoms with van der Waals surface area (Å²) in [5, 5.41) is 5.08. The van der Waals surface area contributed by atoms with Gasteiger partial charge in [-0.2, -0.15) is 13.2 Å². The summed E-state index contributed by atoms with van der Waals surface area (Å²) in [6, 6.07) is 7.61. The monoisotopic (exact) mass is 353 g/mol. The van der Waals surface area contributed by atoms with Gasteiger partial charge in [0.1, 0.15) is 0 Å². The van der Waals surface area contributed by atoms with Crippen LogP contribution in [0, 0.1) is 0 Å². The van der Waals surface area contributed by atoms with Crippen LogP contribution >= 0.6 is 0 Å². The molecule has 0 atom stereocenters. The van der Waals surface area contributed by atoms with Gasteiger partial charge >= 0.3 is 12.1 Å². The third-order valence-electron chi connectivity index (χ3n) is 3.51. The molecule has 1 aromatic heterocycles. The molecule has 0 radical (unpaired) electrons. The van der Waals surface area contributed by atoms with Crippen molar-refractivity contribution in [3.05, 3.63) is 59.5 Å². The Hall–Kier alpha value is -2.97. The van der Waals surface area contributed by atoms with E-state index in [-0.39, 0.29) is 17.2 Å². The number of oxime groups is 1. The molecule has 0 aliphatic carbocycles. The lowest BCUT2D eigenvalue weighted by Gasteiger charge is -2.30. The SMILES string of the molecule is CC1(C)ON=C(c2cccc(C(F)(F)F)c2)N1NC(=O)c1ccco1. The number of rotatable bonds is 3. The molecule has 25 heavy (non-hydrogen) atoms.